The molecule has 0 aliphatic carbocycles. The minimum Gasteiger partial charge on any atom is -0.512 e. The molecule has 5 heteroatoms. The van der Waals surface area contributed by atoms with Crippen LogP contribution < -0.4 is 103 Å². The second kappa shape index (κ2) is 65.7. The fourth-order valence-corrected chi connectivity index (χ4v) is 0. The zero-order chi connectivity index (χ0) is 4.00. The van der Waals surface area contributed by atoms with Gasteiger partial charge in [-0.15, -0.1) is 0 Å². The van der Waals surface area contributed by atoms with E-state index in [1.54, 1.807) is 0 Å². The van der Waals surface area contributed by atoms with Crippen LogP contribution in [0.2, 0.25) is 0 Å². The summed E-state index contributed by atoms with van der Waals surface area (Å²) >= 11 is 0. The second-order valence-corrected chi connectivity index (χ2v) is 0. The van der Waals surface area contributed by atoms with Gasteiger partial charge in [0.2, 0.25) is 0 Å². The van der Waals surface area contributed by atoms with Crippen LogP contribution in [0.1, 0.15) is 0 Å². The molecule has 0 spiro atoms. The Hall–Kier alpha value is 2.92. The molecule has 0 saturated heterocycles. The topological polar surface area (TPSA) is 47.6 Å². The van der Waals surface area contributed by atoms with Crippen molar-refractivity contribution in [2.24, 2.45) is 0 Å². The van der Waals surface area contributed by atoms with Crippen LogP contribution in [-0.2, 0) is 20.4 Å². The van der Waals surface area contributed by atoms with Crippen molar-refractivity contribution in [3.05, 3.63) is 13.1 Å². The van der Waals surface area contributed by atoms with Gasteiger partial charge in [0.1, 0.15) is 0 Å². The Morgan fingerprint density at radius 1 is 0.714 bits per heavy atom. The van der Waals surface area contributed by atoms with E-state index in [1.807, 2.05) is 0 Å². The SMILES string of the molecule is [C-]#N.[C-]#N.[K+].[K+].[Pd]. The molecule has 0 rings (SSSR count). The van der Waals surface area contributed by atoms with Crippen molar-refractivity contribution in [1.82, 2.24) is 0 Å². The van der Waals surface area contributed by atoms with Crippen molar-refractivity contribution in [3.8, 4) is 0 Å². The van der Waals surface area contributed by atoms with Crippen molar-refractivity contribution in [2.75, 3.05) is 0 Å². The first kappa shape index (κ1) is 32.6. The van der Waals surface area contributed by atoms with E-state index in [-0.39, 0.29) is 123 Å². The summed E-state index contributed by atoms with van der Waals surface area (Å²) in [4.78, 5) is 0. The molecule has 0 saturated carbocycles. The third-order valence-electron chi connectivity index (χ3n) is 0. The molecule has 0 atom stereocenters. The Morgan fingerprint density at radius 2 is 0.714 bits per heavy atom. The van der Waals surface area contributed by atoms with Gasteiger partial charge in [0, 0.05) is 20.4 Å². The van der Waals surface area contributed by atoms with Crippen LogP contribution in [0.25, 0.3) is 0 Å². The van der Waals surface area contributed by atoms with E-state index >= 15 is 0 Å². The minimum absolute atomic E-state index is 0. The van der Waals surface area contributed by atoms with E-state index in [1.165, 1.54) is 0 Å². The number of nitrogens with zero attached hydrogens (tertiary/aromatic N) is 2. The third-order valence-corrected chi connectivity index (χ3v) is 0. The van der Waals surface area contributed by atoms with Gasteiger partial charge in [-0.25, -0.2) is 0 Å². The molecule has 0 aliphatic rings. The number of hydrogen-bond donors (Lipinski definition) is 0. The van der Waals surface area contributed by atoms with Gasteiger partial charge in [-0.05, 0) is 0 Å². The van der Waals surface area contributed by atoms with Crippen LogP contribution in [0.5, 0.6) is 0 Å². The third kappa shape index (κ3) is 50.2. The molecule has 0 fully saturated rings. The molecule has 2 nitrogen and oxygen atoms in total. The van der Waals surface area contributed by atoms with Gasteiger partial charge in [0.15, 0.2) is 0 Å². The Bertz CT molecular complexity index is 29.2. The maximum Gasteiger partial charge on any atom is 1.00 e. The van der Waals surface area contributed by atoms with E-state index in [0.29, 0.717) is 0 Å². The summed E-state index contributed by atoms with van der Waals surface area (Å²) in [5.74, 6) is 0. The van der Waals surface area contributed by atoms with Crippen LogP contribution in [-0.4, -0.2) is 0 Å². The van der Waals surface area contributed by atoms with Crippen molar-refractivity contribution in [3.63, 3.8) is 0 Å². The fraction of sp³-hybridized carbons (Fsp3) is 0. The molecule has 0 bridgehead atoms. The van der Waals surface area contributed by atoms with E-state index < -0.39 is 0 Å². The average Bonchev–Trinajstić information content (AvgIpc) is 1.50. The van der Waals surface area contributed by atoms with Crippen molar-refractivity contribution >= 4 is 0 Å². The van der Waals surface area contributed by atoms with Crippen LogP contribution >= 0.6 is 0 Å². The van der Waals surface area contributed by atoms with Crippen LogP contribution in [0.15, 0.2) is 0 Å². The zero-order valence-corrected chi connectivity index (χ0v) is 12.0. The average molecular weight is 237 g/mol. The molecule has 0 heterocycles. The molecule has 0 aromatic heterocycles. The summed E-state index contributed by atoms with van der Waals surface area (Å²) in [5, 5.41) is 12.5. The Balaban J connectivity index is -0.00000000267. The molecule has 0 aliphatic heterocycles. The Kier molecular flexibility index (Phi) is 306. The molecule has 0 amide bonds. The molecule has 0 radical (unpaired) electrons. The summed E-state index contributed by atoms with van der Waals surface area (Å²) in [6.07, 6.45) is 0. The largest absolute Gasteiger partial charge is 1.00 e. The Labute approximate surface area is 143 Å². The van der Waals surface area contributed by atoms with Gasteiger partial charge < -0.3 is 23.7 Å². The van der Waals surface area contributed by atoms with Crippen molar-refractivity contribution in [2.45, 2.75) is 0 Å². The summed E-state index contributed by atoms with van der Waals surface area (Å²) in [6, 6.07) is 0. The smallest absolute Gasteiger partial charge is 0.512 e. The maximum absolute atomic E-state index is 6.25. The first-order valence-electron chi connectivity index (χ1n) is 0.447. The fourth-order valence-electron chi connectivity index (χ4n) is 0. The van der Waals surface area contributed by atoms with Crippen molar-refractivity contribution in [1.29, 1.82) is 10.5 Å². The van der Waals surface area contributed by atoms with E-state index in [9.17, 15) is 0 Å². The van der Waals surface area contributed by atoms with Crippen LogP contribution in [0.4, 0.5) is 0 Å². The number of rotatable bonds is 0. The van der Waals surface area contributed by atoms with E-state index in [2.05, 4.69) is 0 Å². The molecule has 7 heavy (non-hydrogen) atoms. The molecule has 30 valence electrons. The number of hydrogen-bond acceptors (Lipinski definition) is 2. The van der Waals surface area contributed by atoms with Gasteiger partial charge in [-0.1, -0.05) is 0 Å². The molecular weight excluding hydrogens is 237 g/mol. The predicted molar refractivity (Wildman–Crippen MR) is 9.94 cm³/mol. The Morgan fingerprint density at radius 3 is 0.714 bits per heavy atom. The van der Waals surface area contributed by atoms with Crippen LogP contribution in [0, 0.1) is 23.7 Å². The van der Waals surface area contributed by atoms with E-state index in [0.717, 1.165) is 0 Å². The van der Waals surface area contributed by atoms with Crippen molar-refractivity contribution < 1.29 is 123 Å². The summed E-state index contributed by atoms with van der Waals surface area (Å²) < 4.78 is 0. The summed E-state index contributed by atoms with van der Waals surface area (Å²) in [5.41, 5.74) is 0. The molecule has 0 aromatic rings. The first-order chi connectivity index (χ1) is 2.00. The minimum atomic E-state index is 0. The molecular formula is C2K2N2Pd. The second-order valence-electron chi connectivity index (χ2n) is 0. The van der Waals surface area contributed by atoms with Gasteiger partial charge in [0.25, 0.3) is 0 Å². The monoisotopic (exact) mass is 236 g/mol. The predicted octanol–water partition coefficient (Wildman–Crippen LogP) is -5.80. The van der Waals surface area contributed by atoms with Gasteiger partial charge in [-0.2, -0.15) is 0 Å². The van der Waals surface area contributed by atoms with E-state index in [4.69, 9.17) is 23.7 Å². The maximum atomic E-state index is 6.25. The molecule has 0 N–H and O–H groups in total. The van der Waals surface area contributed by atoms with Crippen LogP contribution in [0.3, 0.4) is 0 Å². The zero-order valence-electron chi connectivity index (χ0n) is 4.21. The molecule has 0 unspecified atom stereocenters. The normalized spacial score (nSPS) is 0.571. The molecule has 0 aromatic carbocycles. The van der Waals surface area contributed by atoms with Gasteiger partial charge >= 0.3 is 103 Å². The quantitative estimate of drug-likeness (QED) is 0.311. The standard InChI is InChI=1S/2CN.2K.Pd/c2*1-2;;;/q2*-1;2*+1;. The summed E-state index contributed by atoms with van der Waals surface area (Å²) in [6.45, 7) is 9.50. The summed E-state index contributed by atoms with van der Waals surface area (Å²) in [7, 11) is 0. The van der Waals surface area contributed by atoms with Gasteiger partial charge in [-0.3, -0.25) is 0 Å². The first-order valence-corrected chi connectivity index (χ1v) is 0.447. The van der Waals surface area contributed by atoms with Gasteiger partial charge in [0.05, 0.1) is 0 Å².